The maximum atomic E-state index is 12.0. The summed E-state index contributed by atoms with van der Waals surface area (Å²) in [6, 6.07) is 13.8. The number of benzene rings is 2. The monoisotopic (exact) mass is 301 g/mol. The highest BCUT2D eigenvalue weighted by Crippen LogP contribution is 2.16. The number of ketones is 1. The highest BCUT2D eigenvalue weighted by Gasteiger charge is 2.18. The third kappa shape index (κ3) is 3.92. The summed E-state index contributed by atoms with van der Waals surface area (Å²) in [6.07, 6.45) is 0. The van der Waals surface area contributed by atoms with Crippen molar-refractivity contribution in [3.05, 3.63) is 70.2 Å². The molecule has 2 aromatic rings. The minimum Gasteiger partial charge on any atom is -0.343 e. The van der Waals surface area contributed by atoms with Gasteiger partial charge in [-0.25, -0.2) is 0 Å². The Hall–Kier alpha value is -2.13. The van der Waals surface area contributed by atoms with Gasteiger partial charge in [-0.1, -0.05) is 53.6 Å². The van der Waals surface area contributed by atoms with E-state index in [2.05, 4.69) is 5.32 Å². The summed E-state index contributed by atoms with van der Waals surface area (Å²) in [7, 11) is 0. The van der Waals surface area contributed by atoms with Crippen LogP contribution in [0, 0.1) is 6.92 Å². The lowest BCUT2D eigenvalue weighted by atomic mass is 10.1. The standard InChI is InChI=1S/C17H16ClNO2/c1-11-3-5-14(6-4-11)16(20)17(21)19-12(2)13-7-9-15(18)10-8-13/h3-10,12H,1-2H3,(H,19,21). The van der Waals surface area contributed by atoms with Crippen molar-refractivity contribution in [1.29, 1.82) is 0 Å². The van der Waals surface area contributed by atoms with Crippen LogP contribution in [0.4, 0.5) is 0 Å². The van der Waals surface area contributed by atoms with E-state index in [9.17, 15) is 9.59 Å². The predicted octanol–water partition coefficient (Wildman–Crippen LogP) is 3.71. The van der Waals surface area contributed by atoms with E-state index in [-0.39, 0.29) is 6.04 Å². The molecule has 0 spiro atoms. The van der Waals surface area contributed by atoms with Gasteiger partial charge in [-0.15, -0.1) is 0 Å². The van der Waals surface area contributed by atoms with Crippen LogP contribution in [0.2, 0.25) is 5.02 Å². The topological polar surface area (TPSA) is 46.2 Å². The average molecular weight is 302 g/mol. The molecule has 3 nitrogen and oxygen atoms in total. The Morgan fingerprint density at radius 2 is 1.57 bits per heavy atom. The molecule has 108 valence electrons. The van der Waals surface area contributed by atoms with E-state index < -0.39 is 11.7 Å². The molecule has 1 amide bonds. The van der Waals surface area contributed by atoms with Gasteiger partial charge in [0.1, 0.15) is 0 Å². The van der Waals surface area contributed by atoms with Gasteiger partial charge in [0.05, 0.1) is 6.04 Å². The molecular formula is C17H16ClNO2. The molecule has 4 heteroatoms. The molecule has 0 radical (unpaired) electrons. The molecule has 0 aliphatic heterocycles. The van der Waals surface area contributed by atoms with E-state index in [1.54, 1.807) is 24.3 Å². The minimum absolute atomic E-state index is 0.260. The van der Waals surface area contributed by atoms with E-state index in [1.807, 2.05) is 38.1 Å². The Morgan fingerprint density at radius 3 is 2.14 bits per heavy atom. The van der Waals surface area contributed by atoms with Crippen LogP contribution >= 0.6 is 11.6 Å². The minimum atomic E-state index is -0.610. The van der Waals surface area contributed by atoms with Crippen LogP contribution in [-0.4, -0.2) is 11.7 Å². The zero-order valence-corrected chi connectivity index (χ0v) is 12.6. The first kappa shape index (κ1) is 15.3. The van der Waals surface area contributed by atoms with Crippen LogP contribution in [-0.2, 0) is 4.79 Å². The lowest BCUT2D eigenvalue weighted by Crippen LogP contribution is -2.33. The smallest absolute Gasteiger partial charge is 0.292 e. The molecule has 2 rings (SSSR count). The predicted molar refractivity (Wildman–Crippen MR) is 83.5 cm³/mol. The number of aryl methyl sites for hydroxylation is 1. The fourth-order valence-corrected chi connectivity index (χ4v) is 2.06. The highest BCUT2D eigenvalue weighted by atomic mass is 35.5. The molecule has 1 unspecified atom stereocenters. The van der Waals surface area contributed by atoms with E-state index in [0.717, 1.165) is 11.1 Å². The third-order valence-corrected chi connectivity index (χ3v) is 3.49. The first-order chi connectivity index (χ1) is 9.97. The Kier molecular flexibility index (Phi) is 4.76. The summed E-state index contributed by atoms with van der Waals surface area (Å²) in [4.78, 5) is 24.0. The molecule has 21 heavy (non-hydrogen) atoms. The second-order valence-electron chi connectivity index (χ2n) is 4.94. The highest BCUT2D eigenvalue weighted by molar-refractivity contribution is 6.42. The quantitative estimate of drug-likeness (QED) is 0.691. The zero-order valence-electron chi connectivity index (χ0n) is 11.9. The maximum Gasteiger partial charge on any atom is 0.292 e. The van der Waals surface area contributed by atoms with Crippen molar-refractivity contribution in [3.63, 3.8) is 0 Å². The molecule has 2 aromatic carbocycles. The normalized spacial score (nSPS) is 11.8. The van der Waals surface area contributed by atoms with Gasteiger partial charge in [-0.05, 0) is 31.5 Å². The fraction of sp³-hybridized carbons (Fsp3) is 0.176. The second kappa shape index (κ2) is 6.55. The van der Waals surface area contributed by atoms with Crippen molar-refractivity contribution in [1.82, 2.24) is 5.32 Å². The van der Waals surface area contributed by atoms with Gasteiger partial charge in [0, 0.05) is 10.6 Å². The number of nitrogens with one attached hydrogen (secondary N) is 1. The molecule has 0 heterocycles. The number of hydrogen-bond acceptors (Lipinski definition) is 2. The molecule has 0 aromatic heterocycles. The summed E-state index contributed by atoms with van der Waals surface area (Å²) in [6.45, 7) is 3.75. The molecule has 1 atom stereocenters. The number of carbonyl (C=O) groups excluding carboxylic acids is 2. The van der Waals surface area contributed by atoms with Gasteiger partial charge in [0.15, 0.2) is 0 Å². The van der Waals surface area contributed by atoms with Gasteiger partial charge in [-0.3, -0.25) is 9.59 Å². The number of Topliss-reactive ketones (excluding diaryl/α,β-unsaturated/α-hetero) is 1. The SMILES string of the molecule is Cc1ccc(C(=O)C(=O)NC(C)c2ccc(Cl)cc2)cc1. The lowest BCUT2D eigenvalue weighted by Gasteiger charge is -2.13. The molecule has 0 bridgehead atoms. The fourth-order valence-electron chi connectivity index (χ4n) is 1.93. The number of rotatable bonds is 4. The summed E-state index contributed by atoms with van der Waals surface area (Å²) < 4.78 is 0. The van der Waals surface area contributed by atoms with Crippen molar-refractivity contribution in [2.45, 2.75) is 19.9 Å². The zero-order chi connectivity index (χ0) is 15.4. The number of carbonyl (C=O) groups is 2. The van der Waals surface area contributed by atoms with Gasteiger partial charge in [-0.2, -0.15) is 0 Å². The average Bonchev–Trinajstić information content (AvgIpc) is 2.47. The number of amides is 1. The van der Waals surface area contributed by atoms with E-state index in [4.69, 9.17) is 11.6 Å². The largest absolute Gasteiger partial charge is 0.343 e. The van der Waals surface area contributed by atoms with Crippen LogP contribution in [0.5, 0.6) is 0 Å². The molecule has 0 saturated carbocycles. The Labute approximate surface area is 128 Å². The first-order valence-corrected chi connectivity index (χ1v) is 7.02. The molecular weight excluding hydrogens is 286 g/mol. The number of hydrogen-bond donors (Lipinski definition) is 1. The molecule has 0 saturated heterocycles. The van der Waals surface area contributed by atoms with Crippen LogP contribution in [0.3, 0.4) is 0 Å². The van der Waals surface area contributed by atoms with Crippen molar-refractivity contribution in [2.24, 2.45) is 0 Å². The van der Waals surface area contributed by atoms with Gasteiger partial charge in [0.25, 0.3) is 5.91 Å². The van der Waals surface area contributed by atoms with Crippen molar-refractivity contribution < 1.29 is 9.59 Å². The van der Waals surface area contributed by atoms with Crippen molar-refractivity contribution >= 4 is 23.3 Å². The van der Waals surface area contributed by atoms with Gasteiger partial charge >= 0.3 is 0 Å². The maximum absolute atomic E-state index is 12.0. The van der Waals surface area contributed by atoms with E-state index >= 15 is 0 Å². The van der Waals surface area contributed by atoms with Gasteiger partial charge < -0.3 is 5.32 Å². The van der Waals surface area contributed by atoms with Gasteiger partial charge in [0.2, 0.25) is 5.78 Å². The number of halogens is 1. The van der Waals surface area contributed by atoms with Crippen LogP contribution < -0.4 is 5.32 Å². The van der Waals surface area contributed by atoms with Crippen LogP contribution in [0.15, 0.2) is 48.5 Å². The summed E-state index contributed by atoms with van der Waals surface area (Å²) in [5.41, 5.74) is 2.33. The second-order valence-corrected chi connectivity index (χ2v) is 5.38. The first-order valence-electron chi connectivity index (χ1n) is 6.64. The molecule has 0 fully saturated rings. The Morgan fingerprint density at radius 1 is 1.00 bits per heavy atom. The molecule has 0 aliphatic carbocycles. The molecule has 0 aliphatic rings. The van der Waals surface area contributed by atoms with Crippen molar-refractivity contribution in [3.8, 4) is 0 Å². The Balaban J connectivity index is 2.05. The van der Waals surface area contributed by atoms with E-state index in [0.29, 0.717) is 10.6 Å². The van der Waals surface area contributed by atoms with Crippen LogP contribution in [0.25, 0.3) is 0 Å². The van der Waals surface area contributed by atoms with Crippen molar-refractivity contribution in [2.75, 3.05) is 0 Å². The molecule has 1 N–H and O–H groups in total. The van der Waals surface area contributed by atoms with Crippen LogP contribution in [0.1, 0.15) is 34.5 Å². The Bertz CT molecular complexity index is 647. The van der Waals surface area contributed by atoms with E-state index in [1.165, 1.54) is 0 Å². The lowest BCUT2D eigenvalue weighted by molar-refractivity contribution is -0.117. The summed E-state index contributed by atoms with van der Waals surface area (Å²) in [5, 5.41) is 3.33. The summed E-state index contributed by atoms with van der Waals surface area (Å²) in [5.74, 6) is -1.14. The third-order valence-electron chi connectivity index (χ3n) is 3.24. The summed E-state index contributed by atoms with van der Waals surface area (Å²) >= 11 is 5.82.